The quantitative estimate of drug-likeness (QED) is 0.515. The number of nitrogens with zero attached hydrogens (tertiary/aromatic N) is 3. The number of rotatable bonds is 5. The van der Waals surface area contributed by atoms with Crippen LogP contribution in [0.4, 0.5) is 10.5 Å². The molecular formula is C28H27N3O4. The third kappa shape index (κ3) is 3.98. The van der Waals surface area contributed by atoms with Crippen molar-refractivity contribution < 1.29 is 19.1 Å². The molecule has 0 spiro atoms. The topological polar surface area (TPSA) is 70.2 Å². The van der Waals surface area contributed by atoms with Crippen LogP contribution in [-0.2, 0) is 20.9 Å². The Balaban J connectivity index is 1.63. The van der Waals surface area contributed by atoms with Gasteiger partial charge in [-0.3, -0.25) is 9.59 Å². The van der Waals surface area contributed by atoms with E-state index in [1.807, 2.05) is 84.7 Å². The minimum Gasteiger partial charge on any atom is -0.449 e. The summed E-state index contributed by atoms with van der Waals surface area (Å²) in [5, 5.41) is 3.19. The van der Waals surface area contributed by atoms with Crippen molar-refractivity contribution in [1.29, 1.82) is 0 Å². The normalized spacial score (nSPS) is 21.9. The minimum absolute atomic E-state index is 0.158. The Morgan fingerprint density at radius 2 is 1.46 bits per heavy atom. The smallest absolute Gasteiger partial charge is 0.425 e. The summed E-state index contributed by atoms with van der Waals surface area (Å²) >= 11 is 0. The van der Waals surface area contributed by atoms with Crippen molar-refractivity contribution >= 4 is 23.6 Å². The highest BCUT2D eigenvalue weighted by atomic mass is 16.6. The number of benzene rings is 3. The largest absolute Gasteiger partial charge is 0.449 e. The van der Waals surface area contributed by atoms with Crippen LogP contribution in [0.2, 0.25) is 0 Å². The molecule has 0 aliphatic carbocycles. The summed E-state index contributed by atoms with van der Waals surface area (Å²) in [7, 11) is 0. The van der Waals surface area contributed by atoms with Gasteiger partial charge in [0.05, 0.1) is 24.3 Å². The van der Waals surface area contributed by atoms with Gasteiger partial charge in [-0.2, -0.15) is 0 Å². The first-order valence-corrected chi connectivity index (χ1v) is 11.8. The summed E-state index contributed by atoms with van der Waals surface area (Å²) in [6.45, 7) is 4.17. The van der Waals surface area contributed by atoms with E-state index in [0.29, 0.717) is 12.2 Å². The lowest BCUT2D eigenvalue weighted by Gasteiger charge is -2.34. The lowest BCUT2D eigenvalue weighted by Crippen LogP contribution is -2.50. The molecule has 0 radical (unpaired) electrons. The zero-order valence-corrected chi connectivity index (χ0v) is 19.7. The van der Waals surface area contributed by atoms with Gasteiger partial charge in [0.25, 0.3) is 5.91 Å². The van der Waals surface area contributed by atoms with Crippen LogP contribution in [0.25, 0.3) is 0 Å². The summed E-state index contributed by atoms with van der Waals surface area (Å²) in [5.41, 5.74) is 3.35. The van der Waals surface area contributed by atoms with E-state index in [9.17, 15) is 14.4 Å². The fourth-order valence-corrected chi connectivity index (χ4v) is 5.05. The predicted molar refractivity (Wildman–Crippen MR) is 131 cm³/mol. The van der Waals surface area contributed by atoms with Crippen LogP contribution in [0, 0.1) is 12.8 Å². The molecule has 35 heavy (non-hydrogen) atoms. The number of amides is 3. The van der Waals surface area contributed by atoms with Gasteiger partial charge in [-0.1, -0.05) is 78.4 Å². The monoisotopic (exact) mass is 469 g/mol. The molecule has 2 aliphatic heterocycles. The number of hydrazine groups is 1. The van der Waals surface area contributed by atoms with Crippen LogP contribution in [0.15, 0.2) is 84.9 Å². The van der Waals surface area contributed by atoms with Gasteiger partial charge in [0.15, 0.2) is 0 Å². The molecule has 3 atom stereocenters. The number of ether oxygens (including phenoxy) is 1. The van der Waals surface area contributed by atoms with Crippen LogP contribution in [0.3, 0.4) is 0 Å². The van der Waals surface area contributed by atoms with E-state index < -0.39 is 30.0 Å². The van der Waals surface area contributed by atoms with E-state index in [0.717, 1.165) is 16.7 Å². The van der Waals surface area contributed by atoms with Crippen LogP contribution in [0.1, 0.15) is 29.7 Å². The van der Waals surface area contributed by atoms with Crippen molar-refractivity contribution in [2.24, 2.45) is 5.92 Å². The molecule has 178 valence electrons. The maximum atomic E-state index is 13.9. The van der Waals surface area contributed by atoms with Crippen molar-refractivity contribution in [2.75, 3.05) is 11.5 Å². The van der Waals surface area contributed by atoms with Gasteiger partial charge < -0.3 is 4.74 Å². The highest BCUT2D eigenvalue weighted by Gasteiger charge is 2.64. The minimum atomic E-state index is -0.989. The molecule has 3 aromatic carbocycles. The Labute approximate surface area is 204 Å². The SMILES string of the molecule is CCOC(=O)N1[C@@H]2C(=O)N(c3ccc(C)cc3)C(=O)[C@@H]2[C@H](c2ccccc2)N1Cc1ccccc1. The van der Waals surface area contributed by atoms with Crippen LogP contribution < -0.4 is 4.90 Å². The fourth-order valence-electron chi connectivity index (χ4n) is 5.05. The van der Waals surface area contributed by atoms with Crippen molar-refractivity contribution in [3.05, 3.63) is 102 Å². The van der Waals surface area contributed by atoms with Crippen LogP contribution >= 0.6 is 0 Å². The molecule has 3 amide bonds. The lowest BCUT2D eigenvalue weighted by molar-refractivity contribution is -0.127. The second-order valence-corrected chi connectivity index (χ2v) is 8.80. The Morgan fingerprint density at radius 3 is 2.09 bits per heavy atom. The summed E-state index contributed by atoms with van der Waals surface area (Å²) in [5.74, 6) is -1.50. The molecule has 7 heteroatoms. The van der Waals surface area contributed by atoms with Gasteiger partial charge in [-0.15, -0.1) is 0 Å². The fraction of sp³-hybridized carbons (Fsp3) is 0.250. The Hall–Kier alpha value is -3.97. The van der Waals surface area contributed by atoms with Crippen molar-refractivity contribution in [2.45, 2.75) is 32.5 Å². The molecule has 0 bridgehead atoms. The number of aryl methyl sites for hydroxylation is 1. The molecule has 0 saturated carbocycles. The Kier molecular flexibility index (Phi) is 6.09. The molecule has 0 unspecified atom stereocenters. The van der Waals surface area contributed by atoms with E-state index in [1.54, 1.807) is 19.1 Å². The average Bonchev–Trinajstić information content (AvgIpc) is 3.33. The van der Waals surface area contributed by atoms with Crippen molar-refractivity contribution in [3.8, 4) is 0 Å². The number of carbonyl (C=O) groups is 3. The van der Waals surface area contributed by atoms with E-state index in [2.05, 4.69) is 0 Å². The molecule has 2 saturated heterocycles. The van der Waals surface area contributed by atoms with E-state index in [1.165, 1.54) is 9.91 Å². The number of anilines is 1. The first-order valence-electron chi connectivity index (χ1n) is 11.8. The van der Waals surface area contributed by atoms with Crippen molar-refractivity contribution in [3.63, 3.8) is 0 Å². The molecule has 0 aromatic heterocycles. The molecular weight excluding hydrogens is 442 g/mol. The molecule has 3 aromatic rings. The Morgan fingerprint density at radius 1 is 0.829 bits per heavy atom. The van der Waals surface area contributed by atoms with Gasteiger partial charge in [0, 0.05) is 6.54 Å². The number of hydrogen-bond acceptors (Lipinski definition) is 5. The predicted octanol–water partition coefficient (Wildman–Crippen LogP) is 4.48. The zero-order valence-electron chi connectivity index (χ0n) is 19.7. The average molecular weight is 470 g/mol. The lowest BCUT2D eigenvalue weighted by atomic mass is 9.90. The van der Waals surface area contributed by atoms with Gasteiger partial charge in [0.1, 0.15) is 6.04 Å². The standard InChI is InChI=1S/C28H27N3O4/c1-3-35-28(34)31-25-23(26(32)30(27(25)33)22-16-14-19(2)15-17-22)24(21-12-8-5-9-13-21)29(31)18-20-10-6-4-7-11-20/h4-17,23-25H,3,18H2,1-2H3/t23-,24+,25+/m1/s1. The third-order valence-corrected chi connectivity index (χ3v) is 6.60. The zero-order chi connectivity index (χ0) is 24.5. The first kappa shape index (κ1) is 22.8. The van der Waals surface area contributed by atoms with Gasteiger partial charge in [-0.05, 0) is 37.1 Å². The number of imide groups is 1. The number of hydrogen-bond donors (Lipinski definition) is 0. The molecule has 2 aliphatic rings. The highest BCUT2D eigenvalue weighted by molar-refractivity contribution is 6.24. The maximum absolute atomic E-state index is 13.9. The van der Waals surface area contributed by atoms with E-state index >= 15 is 0 Å². The van der Waals surface area contributed by atoms with Crippen molar-refractivity contribution in [1.82, 2.24) is 10.0 Å². The molecule has 2 fully saturated rings. The summed E-state index contributed by atoms with van der Waals surface area (Å²) in [6, 6.07) is 25.0. The second kappa shape index (κ2) is 9.35. The van der Waals surface area contributed by atoms with Gasteiger partial charge in [0.2, 0.25) is 5.91 Å². The third-order valence-electron chi connectivity index (χ3n) is 6.60. The maximum Gasteiger partial charge on any atom is 0.425 e. The summed E-state index contributed by atoms with van der Waals surface area (Å²) < 4.78 is 5.39. The number of carbonyl (C=O) groups excluding carboxylic acids is 3. The first-order chi connectivity index (χ1) is 17.0. The van der Waals surface area contributed by atoms with Gasteiger partial charge >= 0.3 is 6.09 Å². The van der Waals surface area contributed by atoms with Gasteiger partial charge in [-0.25, -0.2) is 19.7 Å². The van der Waals surface area contributed by atoms with E-state index in [4.69, 9.17) is 4.74 Å². The van der Waals surface area contributed by atoms with Crippen LogP contribution in [-0.4, -0.2) is 40.6 Å². The second-order valence-electron chi connectivity index (χ2n) is 8.80. The summed E-state index contributed by atoms with van der Waals surface area (Å²) in [4.78, 5) is 42.2. The van der Waals surface area contributed by atoms with E-state index in [-0.39, 0.29) is 12.5 Å². The summed E-state index contributed by atoms with van der Waals surface area (Å²) in [6.07, 6.45) is -0.635. The number of fused-ring (bicyclic) bond motifs is 1. The molecule has 0 N–H and O–H groups in total. The Bertz CT molecular complexity index is 1230. The molecule has 5 rings (SSSR count). The van der Waals surface area contributed by atoms with Crippen LogP contribution in [0.5, 0.6) is 0 Å². The highest BCUT2D eigenvalue weighted by Crippen LogP contribution is 2.48. The molecule has 7 nitrogen and oxygen atoms in total. The molecule has 2 heterocycles.